The number of carbonyl (C=O) groups is 1. The van der Waals surface area contributed by atoms with Gasteiger partial charge in [-0.3, -0.25) is 9.69 Å². The molecule has 1 N–H and O–H groups in total. The summed E-state index contributed by atoms with van der Waals surface area (Å²) in [6.07, 6.45) is 1.04. The molecule has 1 fully saturated rings. The summed E-state index contributed by atoms with van der Waals surface area (Å²) in [6, 6.07) is 17.7. The van der Waals surface area contributed by atoms with Gasteiger partial charge in [-0.25, -0.2) is 0 Å². The number of benzene rings is 2. The summed E-state index contributed by atoms with van der Waals surface area (Å²) in [7, 11) is 1.70. The highest BCUT2D eigenvalue weighted by molar-refractivity contribution is 6.01. The van der Waals surface area contributed by atoms with Crippen LogP contribution in [0.2, 0.25) is 0 Å². The Hall–Kier alpha value is -3.19. The zero-order valence-corrected chi connectivity index (χ0v) is 17.0. The first kappa shape index (κ1) is 18.8. The first-order valence-corrected chi connectivity index (χ1v) is 10.4. The van der Waals surface area contributed by atoms with E-state index in [-0.39, 0.29) is 5.91 Å². The van der Waals surface area contributed by atoms with Gasteiger partial charge < -0.3 is 14.6 Å². The predicted molar refractivity (Wildman–Crippen MR) is 114 cm³/mol. The highest BCUT2D eigenvalue weighted by atomic mass is 16.5. The molecule has 0 saturated carbocycles. The molecule has 3 aromatic rings. The van der Waals surface area contributed by atoms with Crippen molar-refractivity contribution in [2.24, 2.45) is 5.92 Å². The molecule has 2 aromatic carbocycles. The van der Waals surface area contributed by atoms with E-state index in [2.05, 4.69) is 32.5 Å². The second kappa shape index (κ2) is 7.91. The normalized spacial score (nSPS) is 20.4. The standard InChI is InChI=1S/C23H25N5O2/c1-30-19-9-5-6-16(12-19)13-27-14-17-10-11-28-21(20(17)15-27)25-26-22(28)23(29)24-18-7-3-2-4-8-18/h2-9,12,17,20H,10-11,13-15H2,1H3,(H,24,29)/t17-,20+/m1/s1. The molecule has 2 aliphatic rings. The Morgan fingerprint density at radius 3 is 2.83 bits per heavy atom. The van der Waals surface area contributed by atoms with Crippen LogP contribution in [0.4, 0.5) is 5.69 Å². The number of hydrogen-bond donors (Lipinski definition) is 1. The number of fused-ring (bicyclic) bond motifs is 3. The number of nitrogens with zero attached hydrogens (tertiary/aromatic N) is 4. The Morgan fingerprint density at radius 1 is 1.13 bits per heavy atom. The number of para-hydroxylation sites is 1. The van der Waals surface area contributed by atoms with Gasteiger partial charge in [-0.05, 0) is 42.2 Å². The number of likely N-dealkylation sites (tertiary alicyclic amines) is 1. The first-order chi connectivity index (χ1) is 14.7. The molecular formula is C23H25N5O2. The predicted octanol–water partition coefficient (Wildman–Crippen LogP) is 3.16. The maximum atomic E-state index is 12.7. The molecular weight excluding hydrogens is 378 g/mol. The second-order valence-corrected chi connectivity index (χ2v) is 8.05. The van der Waals surface area contributed by atoms with Gasteiger partial charge >= 0.3 is 0 Å². The minimum absolute atomic E-state index is 0.204. The third-order valence-electron chi connectivity index (χ3n) is 6.13. The van der Waals surface area contributed by atoms with Gasteiger partial charge in [-0.2, -0.15) is 0 Å². The first-order valence-electron chi connectivity index (χ1n) is 10.4. The number of rotatable bonds is 5. The van der Waals surface area contributed by atoms with Gasteiger partial charge in [0.2, 0.25) is 5.82 Å². The van der Waals surface area contributed by atoms with Crippen LogP contribution >= 0.6 is 0 Å². The number of aromatic nitrogens is 3. The molecule has 2 atom stereocenters. The number of anilines is 1. The van der Waals surface area contributed by atoms with Crippen molar-refractivity contribution in [2.75, 3.05) is 25.5 Å². The zero-order valence-electron chi connectivity index (χ0n) is 17.0. The van der Waals surface area contributed by atoms with Gasteiger partial charge in [0.15, 0.2) is 0 Å². The lowest BCUT2D eigenvalue weighted by Crippen LogP contribution is -2.27. The van der Waals surface area contributed by atoms with Crippen molar-refractivity contribution in [1.82, 2.24) is 19.7 Å². The van der Waals surface area contributed by atoms with Crippen LogP contribution in [0.25, 0.3) is 0 Å². The largest absolute Gasteiger partial charge is 0.497 e. The van der Waals surface area contributed by atoms with Crippen molar-refractivity contribution in [3.63, 3.8) is 0 Å². The van der Waals surface area contributed by atoms with E-state index < -0.39 is 0 Å². The van der Waals surface area contributed by atoms with Crippen molar-refractivity contribution >= 4 is 11.6 Å². The topological polar surface area (TPSA) is 72.3 Å². The number of methoxy groups -OCH3 is 1. The quantitative estimate of drug-likeness (QED) is 0.709. The Labute approximate surface area is 175 Å². The van der Waals surface area contributed by atoms with Crippen molar-refractivity contribution in [3.05, 3.63) is 71.8 Å². The van der Waals surface area contributed by atoms with Crippen LogP contribution in [-0.4, -0.2) is 45.8 Å². The van der Waals surface area contributed by atoms with E-state index in [1.807, 2.05) is 47.0 Å². The maximum Gasteiger partial charge on any atom is 0.293 e. The van der Waals surface area contributed by atoms with Gasteiger partial charge in [0.05, 0.1) is 7.11 Å². The minimum Gasteiger partial charge on any atom is -0.497 e. The fraction of sp³-hybridized carbons (Fsp3) is 0.348. The highest BCUT2D eigenvalue weighted by Crippen LogP contribution is 2.38. The Bertz CT molecular complexity index is 1050. The molecule has 0 unspecified atom stereocenters. The van der Waals surface area contributed by atoms with E-state index in [0.29, 0.717) is 17.7 Å². The number of amides is 1. The van der Waals surface area contributed by atoms with E-state index >= 15 is 0 Å². The lowest BCUT2D eigenvalue weighted by Gasteiger charge is -2.25. The van der Waals surface area contributed by atoms with E-state index in [4.69, 9.17) is 4.74 Å². The average molecular weight is 403 g/mol. The number of carbonyl (C=O) groups excluding carboxylic acids is 1. The van der Waals surface area contributed by atoms with Crippen molar-refractivity contribution in [2.45, 2.75) is 25.4 Å². The Balaban J connectivity index is 1.31. The van der Waals surface area contributed by atoms with E-state index in [1.54, 1.807) is 7.11 Å². The summed E-state index contributed by atoms with van der Waals surface area (Å²) in [5.74, 6) is 2.89. The van der Waals surface area contributed by atoms with E-state index in [1.165, 1.54) is 5.56 Å². The summed E-state index contributed by atoms with van der Waals surface area (Å²) < 4.78 is 7.36. The van der Waals surface area contributed by atoms with E-state index in [9.17, 15) is 4.79 Å². The van der Waals surface area contributed by atoms with Crippen LogP contribution in [0.3, 0.4) is 0 Å². The molecule has 3 heterocycles. The maximum absolute atomic E-state index is 12.7. The monoisotopic (exact) mass is 403 g/mol. The average Bonchev–Trinajstić information content (AvgIpc) is 3.38. The smallest absolute Gasteiger partial charge is 0.293 e. The molecule has 0 spiro atoms. The molecule has 5 rings (SSSR count). The van der Waals surface area contributed by atoms with Gasteiger partial charge in [0.25, 0.3) is 5.91 Å². The van der Waals surface area contributed by atoms with E-state index in [0.717, 1.165) is 49.9 Å². The summed E-state index contributed by atoms with van der Waals surface area (Å²) >= 11 is 0. The van der Waals surface area contributed by atoms with Crippen LogP contribution in [0.15, 0.2) is 54.6 Å². The number of nitrogens with one attached hydrogen (secondary N) is 1. The molecule has 1 saturated heterocycles. The molecule has 7 nitrogen and oxygen atoms in total. The van der Waals surface area contributed by atoms with Crippen LogP contribution in [-0.2, 0) is 13.1 Å². The van der Waals surface area contributed by atoms with Gasteiger partial charge in [-0.1, -0.05) is 30.3 Å². The van der Waals surface area contributed by atoms with Gasteiger partial charge in [0.1, 0.15) is 11.6 Å². The Morgan fingerprint density at radius 2 is 2.00 bits per heavy atom. The fourth-order valence-electron chi connectivity index (χ4n) is 4.68. The SMILES string of the molecule is COc1cccc(CN2C[C@H]3CCn4c(C(=O)Nc5ccccc5)nnc4[C@H]3C2)c1. The van der Waals surface area contributed by atoms with Crippen LogP contribution < -0.4 is 10.1 Å². The molecule has 0 bridgehead atoms. The molecule has 2 aliphatic heterocycles. The van der Waals surface area contributed by atoms with Crippen molar-refractivity contribution in [1.29, 1.82) is 0 Å². The number of hydrogen-bond acceptors (Lipinski definition) is 5. The van der Waals surface area contributed by atoms with Crippen LogP contribution in [0.5, 0.6) is 5.75 Å². The van der Waals surface area contributed by atoms with Crippen molar-refractivity contribution < 1.29 is 9.53 Å². The Kier molecular flexibility index (Phi) is 4.96. The molecule has 0 radical (unpaired) electrons. The summed E-state index contributed by atoms with van der Waals surface area (Å²) in [4.78, 5) is 15.2. The van der Waals surface area contributed by atoms with Crippen LogP contribution in [0.1, 0.15) is 34.3 Å². The van der Waals surface area contributed by atoms with Crippen LogP contribution in [0, 0.1) is 5.92 Å². The lowest BCUT2D eigenvalue weighted by molar-refractivity contribution is 0.101. The molecule has 1 amide bonds. The second-order valence-electron chi connectivity index (χ2n) is 8.05. The summed E-state index contributed by atoms with van der Waals surface area (Å²) in [5, 5.41) is 11.6. The molecule has 7 heteroatoms. The molecule has 1 aromatic heterocycles. The minimum atomic E-state index is -0.204. The zero-order chi connectivity index (χ0) is 20.5. The molecule has 0 aliphatic carbocycles. The third-order valence-corrected chi connectivity index (χ3v) is 6.13. The summed E-state index contributed by atoms with van der Waals surface area (Å²) in [6.45, 7) is 3.65. The van der Waals surface area contributed by atoms with Gasteiger partial charge in [0, 0.05) is 37.8 Å². The number of ether oxygens (including phenoxy) is 1. The van der Waals surface area contributed by atoms with Gasteiger partial charge in [-0.15, -0.1) is 10.2 Å². The van der Waals surface area contributed by atoms with Crippen molar-refractivity contribution in [3.8, 4) is 5.75 Å². The third kappa shape index (κ3) is 3.57. The molecule has 154 valence electrons. The fourth-order valence-corrected chi connectivity index (χ4v) is 4.68. The molecule has 30 heavy (non-hydrogen) atoms. The highest BCUT2D eigenvalue weighted by Gasteiger charge is 2.40. The lowest BCUT2D eigenvalue weighted by atomic mass is 9.89. The summed E-state index contributed by atoms with van der Waals surface area (Å²) in [5.41, 5.74) is 2.01.